The van der Waals surface area contributed by atoms with Crippen LogP contribution >= 0.6 is 45.5 Å². The molecule has 0 amide bonds. The first-order valence-electron chi connectivity index (χ1n) is 4.09. The molecule has 0 aliphatic heterocycles. The summed E-state index contributed by atoms with van der Waals surface area (Å²) in [6, 6.07) is 5.60. The minimum Gasteiger partial charge on any atom is -0.465 e. The van der Waals surface area contributed by atoms with Gasteiger partial charge in [0.15, 0.2) is 0 Å². The summed E-state index contributed by atoms with van der Waals surface area (Å²) in [5, 5.41) is 1.72. The van der Waals surface area contributed by atoms with Gasteiger partial charge in [0, 0.05) is 18.7 Å². The summed E-state index contributed by atoms with van der Waals surface area (Å²) in [4.78, 5) is 12.1. The number of carbonyl (C=O) groups is 1. The van der Waals surface area contributed by atoms with Crippen molar-refractivity contribution in [1.82, 2.24) is 0 Å². The molecule has 0 saturated carbocycles. The number of fused-ring (bicyclic) bond motifs is 1. The first kappa shape index (κ1) is 11.2. The first-order valence-corrected chi connectivity index (χ1v) is 6.36. The van der Waals surface area contributed by atoms with Gasteiger partial charge in [-0.3, -0.25) is 0 Å². The molecule has 0 bridgehead atoms. The molecule has 1 aromatic carbocycles. The van der Waals surface area contributed by atoms with Gasteiger partial charge in [-0.1, -0.05) is 17.7 Å². The van der Waals surface area contributed by atoms with Gasteiger partial charge < -0.3 is 4.74 Å². The molecule has 15 heavy (non-hydrogen) atoms. The van der Waals surface area contributed by atoms with E-state index < -0.39 is 0 Å². The fourth-order valence-electron chi connectivity index (χ4n) is 1.26. The Morgan fingerprint density at radius 3 is 2.93 bits per heavy atom. The van der Waals surface area contributed by atoms with Crippen LogP contribution in [0, 0.1) is 3.57 Å². The van der Waals surface area contributed by atoms with Crippen molar-refractivity contribution in [2.24, 2.45) is 0 Å². The fraction of sp³-hybridized carbons (Fsp3) is 0.100. The molecule has 0 saturated heterocycles. The molecule has 2 nitrogen and oxygen atoms in total. The smallest absolute Gasteiger partial charge is 0.349 e. The van der Waals surface area contributed by atoms with Gasteiger partial charge in [-0.2, -0.15) is 0 Å². The van der Waals surface area contributed by atoms with E-state index in [2.05, 4.69) is 22.6 Å². The van der Waals surface area contributed by atoms with Crippen molar-refractivity contribution in [2.45, 2.75) is 0 Å². The van der Waals surface area contributed by atoms with Crippen LogP contribution in [-0.4, -0.2) is 13.1 Å². The van der Waals surface area contributed by atoms with E-state index in [1.54, 1.807) is 0 Å². The van der Waals surface area contributed by atoms with Crippen molar-refractivity contribution in [2.75, 3.05) is 7.11 Å². The summed E-state index contributed by atoms with van der Waals surface area (Å²) in [6.07, 6.45) is 0. The lowest BCUT2D eigenvalue weighted by molar-refractivity contribution is 0.0605. The summed E-state index contributed by atoms with van der Waals surface area (Å²) in [5.41, 5.74) is 0. The highest BCUT2D eigenvalue weighted by molar-refractivity contribution is 14.1. The van der Waals surface area contributed by atoms with Crippen LogP contribution in [0.1, 0.15) is 9.67 Å². The van der Waals surface area contributed by atoms with Crippen molar-refractivity contribution in [1.29, 1.82) is 0 Å². The minimum atomic E-state index is -0.295. The average molecular weight is 353 g/mol. The van der Waals surface area contributed by atoms with E-state index >= 15 is 0 Å². The third-order valence-electron chi connectivity index (χ3n) is 1.96. The molecule has 0 N–H and O–H groups in total. The molecule has 0 radical (unpaired) electrons. The van der Waals surface area contributed by atoms with Gasteiger partial charge in [0.1, 0.15) is 4.88 Å². The zero-order valence-electron chi connectivity index (χ0n) is 7.71. The Kier molecular flexibility index (Phi) is 3.18. The topological polar surface area (TPSA) is 26.3 Å². The summed E-state index contributed by atoms with van der Waals surface area (Å²) >= 11 is 9.44. The molecule has 0 fully saturated rings. The fourth-order valence-corrected chi connectivity index (χ4v) is 3.76. The van der Waals surface area contributed by atoms with Crippen molar-refractivity contribution in [3.8, 4) is 0 Å². The Morgan fingerprint density at radius 2 is 2.27 bits per heavy atom. The highest BCUT2D eigenvalue weighted by Crippen LogP contribution is 2.34. The molecular weight excluding hydrogens is 347 g/mol. The maximum absolute atomic E-state index is 11.4. The lowest BCUT2D eigenvalue weighted by Crippen LogP contribution is -1.99. The monoisotopic (exact) mass is 352 g/mol. The number of thiophene rings is 1. The number of esters is 1. The Morgan fingerprint density at radius 1 is 1.53 bits per heavy atom. The van der Waals surface area contributed by atoms with Crippen LogP contribution in [0.15, 0.2) is 18.2 Å². The van der Waals surface area contributed by atoms with Crippen molar-refractivity contribution >= 4 is 61.6 Å². The van der Waals surface area contributed by atoms with Crippen molar-refractivity contribution in [3.05, 3.63) is 31.7 Å². The number of hydrogen-bond donors (Lipinski definition) is 0. The Bertz CT molecular complexity index is 535. The van der Waals surface area contributed by atoms with Crippen LogP contribution in [0.2, 0.25) is 5.02 Å². The summed E-state index contributed by atoms with van der Waals surface area (Å²) < 4.78 is 6.64. The standard InChI is InChI=1S/C10H6ClIO2S/c1-14-10(13)9-8(12)6-3-2-5(11)4-7(6)15-9/h2-4H,1H3. The summed E-state index contributed by atoms with van der Waals surface area (Å²) in [7, 11) is 1.38. The van der Waals surface area contributed by atoms with Gasteiger partial charge in [0.2, 0.25) is 0 Å². The second kappa shape index (κ2) is 4.27. The predicted octanol–water partition coefficient (Wildman–Crippen LogP) is 3.95. The van der Waals surface area contributed by atoms with Crippen LogP contribution in [0.5, 0.6) is 0 Å². The summed E-state index contributed by atoms with van der Waals surface area (Å²) in [6.45, 7) is 0. The van der Waals surface area contributed by atoms with Gasteiger partial charge in [-0.15, -0.1) is 11.3 Å². The van der Waals surface area contributed by atoms with Gasteiger partial charge >= 0.3 is 5.97 Å². The van der Waals surface area contributed by atoms with Crippen LogP contribution < -0.4 is 0 Å². The minimum absolute atomic E-state index is 0.295. The van der Waals surface area contributed by atoms with Gasteiger partial charge in [0.05, 0.1) is 7.11 Å². The molecule has 5 heteroatoms. The second-order valence-corrected chi connectivity index (χ2v) is 5.44. The van der Waals surface area contributed by atoms with Crippen molar-refractivity contribution < 1.29 is 9.53 Å². The quantitative estimate of drug-likeness (QED) is 0.574. The van der Waals surface area contributed by atoms with E-state index in [-0.39, 0.29) is 5.97 Å². The lowest BCUT2D eigenvalue weighted by Gasteiger charge is -1.94. The third-order valence-corrected chi connectivity index (χ3v) is 4.82. The summed E-state index contributed by atoms with van der Waals surface area (Å²) in [5.74, 6) is -0.295. The lowest BCUT2D eigenvalue weighted by atomic mass is 10.2. The molecule has 2 rings (SSSR count). The second-order valence-electron chi connectivity index (χ2n) is 2.88. The SMILES string of the molecule is COC(=O)c1sc2cc(Cl)ccc2c1I. The molecule has 0 unspecified atom stereocenters. The number of ether oxygens (including phenoxy) is 1. The van der Waals surface area contributed by atoms with Gasteiger partial charge in [-0.05, 0) is 34.7 Å². The third kappa shape index (κ3) is 1.98. The number of rotatable bonds is 1. The Labute approximate surface area is 109 Å². The first-order chi connectivity index (χ1) is 7.13. The van der Waals surface area contributed by atoms with E-state index in [0.29, 0.717) is 9.90 Å². The molecular formula is C10H6ClIO2S. The highest BCUT2D eigenvalue weighted by Gasteiger charge is 2.16. The zero-order valence-corrected chi connectivity index (χ0v) is 11.4. The molecule has 78 valence electrons. The van der Waals surface area contributed by atoms with Crippen LogP contribution in [-0.2, 0) is 4.74 Å². The Balaban J connectivity index is 2.69. The normalized spacial score (nSPS) is 10.6. The molecule has 0 spiro atoms. The van der Waals surface area contributed by atoms with Gasteiger partial charge in [-0.25, -0.2) is 4.79 Å². The van der Waals surface area contributed by atoms with Gasteiger partial charge in [0.25, 0.3) is 0 Å². The molecule has 0 aliphatic rings. The number of methoxy groups -OCH3 is 1. The van der Waals surface area contributed by atoms with E-state index in [1.165, 1.54) is 18.4 Å². The van der Waals surface area contributed by atoms with Crippen LogP contribution in [0.25, 0.3) is 10.1 Å². The average Bonchev–Trinajstić information content (AvgIpc) is 2.54. The molecule has 1 heterocycles. The van der Waals surface area contributed by atoms with Crippen molar-refractivity contribution in [3.63, 3.8) is 0 Å². The van der Waals surface area contributed by atoms with E-state index in [0.717, 1.165) is 13.7 Å². The number of carbonyl (C=O) groups excluding carboxylic acids is 1. The zero-order chi connectivity index (χ0) is 11.0. The maximum Gasteiger partial charge on any atom is 0.349 e. The predicted molar refractivity (Wildman–Crippen MR) is 70.9 cm³/mol. The highest BCUT2D eigenvalue weighted by atomic mass is 127. The van der Waals surface area contributed by atoms with E-state index in [4.69, 9.17) is 16.3 Å². The Hall–Kier alpha value is -0.330. The largest absolute Gasteiger partial charge is 0.465 e. The van der Waals surface area contributed by atoms with E-state index in [9.17, 15) is 4.79 Å². The van der Waals surface area contributed by atoms with Crippen LogP contribution in [0.4, 0.5) is 0 Å². The van der Waals surface area contributed by atoms with E-state index in [1.807, 2.05) is 18.2 Å². The molecule has 0 atom stereocenters. The molecule has 0 aliphatic carbocycles. The number of hydrogen-bond acceptors (Lipinski definition) is 3. The maximum atomic E-state index is 11.4. The molecule has 2 aromatic rings. The molecule has 1 aromatic heterocycles. The number of benzene rings is 1. The van der Waals surface area contributed by atoms with Crippen LogP contribution in [0.3, 0.4) is 0 Å². The number of halogens is 2.